The smallest absolute Gasteiger partial charge is 0.409 e. The van der Waals surface area contributed by atoms with Crippen LogP contribution < -0.4 is 10.2 Å². The third-order valence-electron chi connectivity index (χ3n) is 7.38. The van der Waals surface area contributed by atoms with E-state index >= 15 is 0 Å². The van der Waals surface area contributed by atoms with E-state index in [0.717, 1.165) is 32.5 Å². The second-order valence-corrected chi connectivity index (χ2v) is 9.64. The van der Waals surface area contributed by atoms with Gasteiger partial charge in [-0.3, -0.25) is 4.79 Å². The minimum Gasteiger partial charge on any atom is -0.450 e. The Balaban J connectivity index is 1.18. The number of hydrogen-bond donors (Lipinski definition) is 1. The van der Waals surface area contributed by atoms with Crippen molar-refractivity contribution >= 4 is 17.7 Å². The number of benzene rings is 1. The Morgan fingerprint density at radius 1 is 0.882 bits per heavy atom. The summed E-state index contributed by atoms with van der Waals surface area (Å²) >= 11 is 0. The van der Waals surface area contributed by atoms with Crippen molar-refractivity contribution in [1.29, 1.82) is 0 Å². The number of amides is 2. The second-order valence-electron chi connectivity index (χ2n) is 9.64. The van der Waals surface area contributed by atoms with Gasteiger partial charge in [-0.05, 0) is 70.0 Å². The van der Waals surface area contributed by atoms with Gasteiger partial charge >= 0.3 is 6.09 Å². The van der Waals surface area contributed by atoms with Gasteiger partial charge in [-0.2, -0.15) is 0 Å². The zero-order valence-electron chi connectivity index (χ0n) is 20.7. The summed E-state index contributed by atoms with van der Waals surface area (Å²) in [5, 5.41) is 3.77. The van der Waals surface area contributed by atoms with Gasteiger partial charge in [0.1, 0.15) is 0 Å². The topological polar surface area (TPSA) is 68.4 Å². The number of likely N-dealkylation sites (tertiary alicyclic amines) is 1. The summed E-state index contributed by atoms with van der Waals surface area (Å²) < 4.78 is 5.06. The summed E-state index contributed by atoms with van der Waals surface area (Å²) in [4.78, 5) is 33.3. The van der Waals surface area contributed by atoms with Crippen molar-refractivity contribution in [2.24, 2.45) is 0 Å². The van der Waals surface area contributed by atoms with Gasteiger partial charge in [-0.1, -0.05) is 6.42 Å². The van der Waals surface area contributed by atoms with Crippen LogP contribution in [0, 0.1) is 0 Å². The molecule has 0 aliphatic carbocycles. The van der Waals surface area contributed by atoms with Crippen molar-refractivity contribution in [3.63, 3.8) is 0 Å². The average molecular weight is 472 g/mol. The molecule has 0 unspecified atom stereocenters. The van der Waals surface area contributed by atoms with Crippen molar-refractivity contribution < 1.29 is 14.3 Å². The molecule has 0 aromatic heterocycles. The molecule has 8 nitrogen and oxygen atoms in total. The summed E-state index contributed by atoms with van der Waals surface area (Å²) in [6.45, 7) is 11.2. The van der Waals surface area contributed by atoms with E-state index in [1.54, 1.807) is 11.8 Å². The van der Waals surface area contributed by atoms with E-state index < -0.39 is 0 Å². The molecule has 3 fully saturated rings. The first-order chi connectivity index (χ1) is 16.6. The van der Waals surface area contributed by atoms with E-state index in [2.05, 4.69) is 27.2 Å². The molecule has 3 heterocycles. The maximum atomic E-state index is 12.9. The molecule has 0 bridgehead atoms. The maximum Gasteiger partial charge on any atom is 0.409 e. The van der Waals surface area contributed by atoms with Crippen molar-refractivity contribution in [3.8, 4) is 0 Å². The molecule has 0 atom stereocenters. The molecule has 188 valence electrons. The molecule has 1 N–H and O–H groups in total. The summed E-state index contributed by atoms with van der Waals surface area (Å²) in [5.41, 5.74) is 1.90. The van der Waals surface area contributed by atoms with Crippen LogP contribution in [0.5, 0.6) is 0 Å². The number of piperidine rings is 2. The monoisotopic (exact) mass is 471 g/mol. The number of carbonyl (C=O) groups excluding carboxylic acids is 2. The van der Waals surface area contributed by atoms with Crippen LogP contribution in [0.3, 0.4) is 0 Å². The van der Waals surface area contributed by atoms with Crippen LogP contribution >= 0.6 is 0 Å². The summed E-state index contributed by atoms with van der Waals surface area (Å²) in [6, 6.07) is 8.64. The van der Waals surface area contributed by atoms with Crippen LogP contribution in [0.15, 0.2) is 24.3 Å². The minimum atomic E-state index is -0.292. The van der Waals surface area contributed by atoms with E-state index in [1.807, 2.05) is 17.0 Å². The third-order valence-corrected chi connectivity index (χ3v) is 7.38. The highest BCUT2D eigenvalue weighted by Crippen LogP contribution is 2.21. The van der Waals surface area contributed by atoms with Crippen LogP contribution in [0.1, 0.15) is 49.4 Å². The van der Waals surface area contributed by atoms with Gasteiger partial charge in [0, 0.05) is 69.7 Å². The number of ether oxygens (including phenoxy) is 1. The Morgan fingerprint density at radius 3 is 2.18 bits per heavy atom. The van der Waals surface area contributed by atoms with Crippen molar-refractivity contribution in [3.05, 3.63) is 29.8 Å². The predicted molar refractivity (Wildman–Crippen MR) is 134 cm³/mol. The maximum absolute atomic E-state index is 12.9. The number of anilines is 1. The number of carbonyl (C=O) groups is 2. The molecule has 2 amide bonds. The number of nitrogens with zero attached hydrogens (tertiary/aromatic N) is 4. The fourth-order valence-electron chi connectivity index (χ4n) is 5.26. The molecule has 8 heteroatoms. The second kappa shape index (κ2) is 12.4. The standard InChI is InChI=1S/C26H41N5O3/c1-2-34-26(33)31-20-18-30(19-21-31)25(32)22-6-8-24(9-7-22)29-15-10-23(11-16-29)27-12-17-28-13-4-3-5-14-28/h6-9,23,27H,2-5,10-21H2,1H3. The average Bonchev–Trinajstić information content (AvgIpc) is 2.90. The molecule has 0 saturated carbocycles. The summed E-state index contributed by atoms with van der Waals surface area (Å²) in [5.74, 6) is 0.0340. The predicted octanol–water partition coefficient (Wildman–Crippen LogP) is 2.65. The van der Waals surface area contributed by atoms with Gasteiger partial charge in [0.05, 0.1) is 6.61 Å². The van der Waals surface area contributed by atoms with Gasteiger partial charge in [0.25, 0.3) is 5.91 Å². The molecule has 1 aromatic carbocycles. The quantitative estimate of drug-likeness (QED) is 0.660. The molecule has 3 saturated heterocycles. The Kier molecular flexibility index (Phi) is 9.04. The highest BCUT2D eigenvalue weighted by atomic mass is 16.6. The van der Waals surface area contributed by atoms with Crippen LogP contribution in [0.25, 0.3) is 0 Å². The molecular formula is C26H41N5O3. The van der Waals surface area contributed by atoms with E-state index in [1.165, 1.54) is 44.6 Å². The lowest BCUT2D eigenvalue weighted by Crippen LogP contribution is -2.50. The molecule has 1 aromatic rings. The SMILES string of the molecule is CCOC(=O)N1CCN(C(=O)c2ccc(N3CCC(NCCN4CCCCC4)CC3)cc2)CC1. The molecule has 4 rings (SSSR count). The Hall–Kier alpha value is -2.32. The van der Waals surface area contributed by atoms with E-state index in [9.17, 15) is 9.59 Å². The lowest BCUT2D eigenvalue weighted by atomic mass is 10.0. The number of rotatable bonds is 7. The van der Waals surface area contributed by atoms with Gasteiger partial charge < -0.3 is 29.7 Å². The van der Waals surface area contributed by atoms with Crippen LogP contribution in [-0.2, 0) is 4.74 Å². The summed E-state index contributed by atoms with van der Waals surface area (Å²) in [7, 11) is 0. The third kappa shape index (κ3) is 6.63. The fourth-order valence-corrected chi connectivity index (χ4v) is 5.26. The highest BCUT2D eigenvalue weighted by molar-refractivity contribution is 5.94. The van der Waals surface area contributed by atoms with Crippen LogP contribution in [0.4, 0.5) is 10.5 Å². The normalized spacial score (nSPS) is 20.4. The number of hydrogen-bond acceptors (Lipinski definition) is 6. The number of piperazine rings is 1. The van der Waals surface area contributed by atoms with Crippen molar-refractivity contribution in [2.45, 2.75) is 45.1 Å². The molecule has 0 radical (unpaired) electrons. The molecular weight excluding hydrogens is 430 g/mol. The highest BCUT2D eigenvalue weighted by Gasteiger charge is 2.26. The Morgan fingerprint density at radius 2 is 1.53 bits per heavy atom. The van der Waals surface area contributed by atoms with E-state index in [4.69, 9.17) is 4.74 Å². The first kappa shape index (κ1) is 24.8. The first-order valence-corrected chi connectivity index (χ1v) is 13.2. The van der Waals surface area contributed by atoms with E-state index in [-0.39, 0.29) is 12.0 Å². The summed E-state index contributed by atoms with van der Waals surface area (Å²) in [6.07, 6.45) is 6.13. The zero-order valence-corrected chi connectivity index (χ0v) is 20.7. The minimum absolute atomic E-state index is 0.0340. The van der Waals surface area contributed by atoms with E-state index in [0.29, 0.717) is 44.4 Å². The van der Waals surface area contributed by atoms with Gasteiger partial charge in [-0.25, -0.2) is 4.79 Å². The van der Waals surface area contributed by atoms with Crippen molar-refractivity contribution in [2.75, 3.05) is 77.0 Å². The lowest BCUT2D eigenvalue weighted by molar-refractivity contribution is 0.0570. The zero-order chi connectivity index (χ0) is 23.8. The molecule has 3 aliphatic rings. The Labute approximate surface area is 204 Å². The van der Waals surface area contributed by atoms with Crippen LogP contribution in [-0.4, -0.2) is 105 Å². The molecule has 0 spiro atoms. The largest absolute Gasteiger partial charge is 0.450 e. The molecule has 3 aliphatic heterocycles. The van der Waals surface area contributed by atoms with Crippen molar-refractivity contribution in [1.82, 2.24) is 20.0 Å². The fraction of sp³-hybridized carbons (Fsp3) is 0.692. The lowest BCUT2D eigenvalue weighted by Gasteiger charge is -2.35. The number of nitrogens with one attached hydrogen (secondary N) is 1. The molecule has 34 heavy (non-hydrogen) atoms. The van der Waals surface area contributed by atoms with Gasteiger partial charge in [0.2, 0.25) is 0 Å². The Bertz CT molecular complexity index is 780. The van der Waals surface area contributed by atoms with Crippen LogP contribution in [0.2, 0.25) is 0 Å². The first-order valence-electron chi connectivity index (χ1n) is 13.2. The van der Waals surface area contributed by atoms with Gasteiger partial charge in [0.15, 0.2) is 0 Å². The van der Waals surface area contributed by atoms with Gasteiger partial charge in [-0.15, -0.1) is 0 Å².